The number of rotatable bonds is 14. The molecule has 11 nitrogen and oxygen atoms in total. The summed E-state index contributed by atoms with van der Waals surface area (Å²) >= 11 is 0. The minimum Gasteiger partial charge on any atom is -0.481 e. The summed E-state index contributed by atoms with van der Waals surface area (Å²) < 4.78 is 5.79. The number of ether oxygens (including phenoxy) is 1. The van der Waals surface area contributed by atoms with Crippen molar-refractivity contribution in [3.05, 3.63) is 71.6 Å². The number of aliphatic imine (C=N–C) groups is 1. The zero-order chi connectivity index (χ0) is 34.4. The number of amides is 1. The van der Waals surface area contributed by atoms with Gasteiger partial charge in [-0.25, -0.2) is 4.99 Å². The Hall–Kier alpha value is -4.54. The molecule has 1 fully saturated rings. The summed E-state index contributed by atoms with van der Waals surface area (Å²) in [5, 5.41) is 26.7. The summed E-state index contributed by atoms with van der Waals surface area (Å²) in [6.07, 6.45) is 18.5. The first-order valence-electron chi connectivity index (χ1n) is 16.4. The summed E-state index contributed by atoms with van der Waals surface area (Å²) in [6, 6.07) is 11.4. The highest BCUT2D eigenvalue weighted by atomic mass is 16.5. The number of hydrogen-bond donors (Lipinski definition) is 4. The standard InChI is InChI=1S/C32H41N3O4.2C2H4O2/c36-30(37)15-6-2-5-14-28(27-13-9-20-33-22-27)25-16-18-26(19-17-25)32-35-29(23-39-32)31(38)34-21-8-7-12-24-10-3-1-4-11-24;2*1-2(3)4/h9,13-14,16-20,22,24,29H,1-8,10-12,15,21,23H2,(H,34,38)(H,36,37);2*1H3,(H,3,4)/b28-14+;;. The minimum atomic E-state index is -0.833. The monoisotopic (exact) mass is 651 g/mol. The molecule has 256 valence electrons. The van der Waals surface area contributed by atoms with Crippen molar-refractivity contribution < 1.29 is 39.2 Å². The number of pyridine rings is 1. The van der Waals surface area contributed by atoms with E-state index in [0.29, 0.717) is 18.9 Å². The number of hydrogen-bond acceptors (Lipinski definition) is 7. The molecule has 0 saturated heterocycles. The first-order chi connectivity index (χ1) is 22.6. The van der Waals surface area contributed by atoms with E-state index >= 15 is 0 Å². The highest BCUT2D eigenvalue weighted by Crippen LogP contribution is 2.28. The van der Waals surface area contributed by atoms with E-state index in [4.69, 9.17) is 29.6 Å². The Bertz CT molecular complexity index is 1300. The molecule has 1 aromatic carbocycles. The van der Waals surface area contributed by atoms with E-state index in [-0.39, 0.29) is 18.9 Å². The fourth-order valence-electron chi connectivity index (χ4n) is 5.41. The fraction of sp³-hybridized carbons (Fsp3) is 0.500. The number of carbonyl (C=O) groups excluding carboxylic acids is 1. The quantitative estimate of drug-likeness (QED) is 0.170. The predicted octanol–water partition coefficient (Wildman–Crippen LogP) is 6.35. The average Bonchev–Trinajstić information content (AvgIpc) is 3.54. The Morgan fingerprint density at radius 3 is 2.19 bits per heavy atom. The minimum absolute atomic E-state index is 0.0658. The molecule has 1 unspecified atom stereocenters. The van der Waals surface area contributed by atoms with Gasteiger partial charge in [-0.3, -0.25) is 24.2 Å². The molecule has 11 heteroatoms. The molecule has 2 aliphatic rings. The summed E-state index contributed by atoms with van der Waals surface area (Å²) in [5.41, 5.74) is 3.94. The number of aromatic nitrogens is 1. The maximum atomic E-state index is 12.6. The number of nitrogens with zero attached hydrogens (tertiary/aromatic N) is 2. The average molecular weight is 652 g/mol. The van der Waals surface area contributed by atoms with Gasteiger partial charge in [0.25, 0.3) is 11.9 Å². The van der Waals surface area contributed by atoms with E-state index in [9.17, 15) is 9.59 Å². The lowest BCUT2D eigenvalue weighted by atomic mass is 9.86. The van der Waals surface area contributed by atoms with Crippen molar-refractivity contribution in [3.63, 3.8) is 0 Å². The van der Waals surface area contributed by atoms with Crippen molar-refractivity contribution in [2.75, 3.05) is 13.2 Å². The summed E-state index contributed by atoms with van der Waals surface area (Å²) in [6.45, 7) is 3.13. The van der Waals surface area contributed by atoms with Crippen molar-refractivity contribution >= 4 is 35.3 Å². The second-order valence-corrected chi connectivity index (χ2v) is 11.7. The van der Waals surface area contributed by atoms with Crippen LogP contribution < -0.4 is 5.32 Å². The Morgan fingerprint density at radius 1 is 0.894 bits per heavy atom. The zero-order valence-corrected chi connectivity index (χ0v) is 27.5. The van der Waals surface area contributed by atoms with Crippen LogP contribution >= 0.6 is 0 Å². The molecule has 1 aliphatic carbocycles. The third-order valence-corrected chi connectivity index (χ3v) is 7.63. The van der Waals surface area contributed by atoms with Crippen LogP contribution in [0.1, 0.15) is 108 Å². The van der Waals surface area contributed by atoms with Crippen LogP contribution in [0.2, 0.25) is 0 Å². The van der Waals surface area contributed by atoms with Gasteiger partial charge in [-0.05, 0) is 60.9 Å². The molecule has 4 N–H and O–H groups in total. The molecular weight excluding hydrogens is 602 g/mol. The van der Waals surface area contributed by atoms with E-state index < -0.39 is 23.9 Å². The van der Waals surface area contributed by atoms with Crippen LogP contribution in [0.4, 0.5) is 0 Å². The third-order valence-electron chi connectivity index (χ3n) is 7.63. The molecule has 2 heterocycles. The maximum Gasteiger partial charge on any atom is 0.303 e. The molecule has 2 aromatic rings. The number of nitrogens with one attached hydrogen (secondary N) is 1. The Morgan fingerprint density at radius 2 is 1.57 bits per heavy atom. The Balaban J connectivity index is 0.000000862. The number of carboxylic acids is 3. The third kappa shape index (κ3) is 16.5. The molecule has 1 amide bonds. The smallest absolute Gasteiger partial charge is 0.303 e. The second-order valence-electron chi connectivity index (χ2n) is 11.7. The number of carbonyl (C=O) groups is 4. The van der Waals surface area contributed by atoms with Gasteiger partial charge in [-0.1, -0.05) is 69.2 Å². The van der Waals surface area contributed by atoms with Crippen molar-refractivity contribution in [2.45, 2.75) is 96.9 Å². The van der Waals surface area contributed by atoms with Gasteiger partial charge in [0, 0.05) is 50.3 Å². The summed E-state index contributed by atoms with van der Waals surface area (Å²) in [7, 11) is 0. The lowest BCUT2D eigenvalue weighted by Crippen LogP contribution is -2.34. The maximum absolute atomic E-state index is 12.6. The van der Waals surface area contributed by atoms with Crippen molar-refractivity contribution in [2.24, 2.45) is 10.9 Å². The fourth-order valence-corrected chi connectivity index (χ4v) is 5.41. The summed E-state index contributed by atoms with van der Waals surface area (Å²) in [4.78, 5) is 50.2. The van der Waals surface area contributed by atoms with Crippen LogP contribution in [0.15, 0.2) is 59.9 Å². The van der Waals surface area contributed by atoms with E-state index in [2.05, 4.69) is 21.4 Å². The summed E-state index contributed by atoms with van der Waals surface area (Å²) in [5.74, 6) is -1.11. The SMILES string of the molecule is CC(=O)O.CC(=O)O.O=C(O)CCCC/C=C(\c1ccc(C2=NC(C(=O)NCCCCC3CCCCC3)CO2)cc1)c1cccnc1. The van der Waals surface area contributed by atoms with Crippen molar-refractivity contribution in [1.82, 2.24) is 10.3 Å². The highest BCUT2D eigenvalue weighted by Gasteiger charge is 2.26. The molecule has 1 aliphatic heterocycles. The Labute approximate surface area is 277 Å². The molecular formula is C36H49N3O8. The van der Waals surface area contributed by atoms with Gasteiger partial charge in [-0.15, -0.1) is 0 Å². The molecule has 1 saturated carbocycles. The first-order valence-corrected chi connectivity index (χ1v) is 16.4. The van der Waals surface area contributed by atoms with Crippen LogP contribution in [-0.2, 0) is 23.9 Å². The van der Waals surface area contributed by atoms with E-state index in [1.807, 2.05) is 42.6 Å². The number of aliphatic carboxylic acids is 3. The predicted molar refractivity (Wildman–Crippen MR) is 180 cm³/mol. The largest absolute Gasteiger partial charge is 0.481 e. The van der Waals surface area contributed by atoms with Crippen LogP contribution in [0.25, 0.3) is 5.57 Å². The molecule has 0 spiro atoms. The molecule has 1 atom stereocenters. The number of allylic oxidation sites excluding steroid dienone is 1. The lowest BCUT2D eigenvalue weighted by Gasteiger charge is -2.21. The number of carboxylic acid groups (broad SMARTS) is 3. The first kappa shape index (κ1) is 38.6. The number of unbranched alkanes of at least 4 members (excludes halogenated alkanes) is 3. The molecule has 1 aromatic heterocycles. The van der Waals surface area contributed by atoms with Gasteiger partial charge in [0.1, 0.15) is 6.61 Å². The lowest BCUT2D eigenvalue weighted by molar-refractivity contribution is -0.137. The van der Waals surface area contributed by atoms with E-state index in [1.165, 1.54) is 44.9 Å². The van der Waals surface area contributed by atoms with Crippen LogP contribution in [0.5, 0.6) is 0 Å². The topological polar surface area (TPSA) is 175 Å². The van der Waals surface area contributed by atoms with Gasteiger partial charge >= 0.3 is 5.97 Å². The van der Waals surface area contributed by atoms with Gasteiger partial charge in [0.2, 0.25) is 11.8 Å². The molecule has 0 bridgehead atoms. The Kier molecular flexibility index (Phi) is 18.1. The highest BCUT2D eigenvalue weighted by molar-refractivity contribution is 5.98. The van der Waals surface area contributed by atoms with E-state index in [1.54, 1.807) is 6.20 Å². The van der Waals surface area contributed by atoms with Gasteiger partial charge in [-0.2, -0.15) is 0 Å². The number of benzene rings is 1. The van der Waals surface area contributed by atoms with Crippen LogP contribution in [0, 0.1) is 5.92 Å². The normalized spacial score (nSPS) is 15.9. The van der Waals surface area contributed by atoms with Gasteiger partial charge in [0.05, 0.1) is 0 Å². The zero-order valence-electron chi connectivity index (χ0n) is 27.5. The van der Waals surface area contributed by atoms with Crippen LogP contribution in [-0.4, -0.2) is 69.2 Å². The van der Waals surface area contributed by atoms with Crippen molar-refractivity contribution in [1.29, 1.82) is 0 Å². The second kappa shape index (κ2) is 22.1. The molecule has 47 heavy (non-hydrogen) atoms. The van der Waals surface area contributed by atoms with Gasteiger partial charge < -0.3 is 25.4 Å². The van der Waals surface area contributed by atoms with Crippen LogP contribution in [0.3, 0.4) is 0 Å². The molecule has 4 rings (SSSR count). The van der Waals surface area contributed by atoms with Gasteiger partial charge in [0.15, 0.2) is 6.04 Å². The van der Waals surface area contributed by atoms with Crippen molar-refractivity contribution in [3.8, 4) is 0 Å². The van der Waals surface area contributed by atoms with E-state index in [0.717, 1.165) is 61.3 Å². The molecule has 0 radical (unpaired) electrons.